The summed E-state index contributed by atoms with van der Waals surface area (Å²) in [5, 5.41) is 0. The fraction of sp³-hybridized carbons (Fsp3) is 0.909. The number of carbonyl (C=O) groups is 1. The number of carbonyl (C=O) groups excluding carboxylic acids is 1. The summed E-state index contributed by atoms with van der Waals surface area (Å²) < 4.78 is 77.2. The smallest absolute Gasteiger partial charge is 0.340 e. The summed E-state index contributed by atoms with van der Waals surface area (Å²) in [5.41, 5.74) is 1.67. The quantitative estimate of drug-likeness (QED) is 0.801. The van der Waals surface area contributed by atoms with Gasteiger partial charge in [-0.05, 0) is 24.9 Å². The predicted molar refractivity (Wildman–Crippen MR) is 66.7 cm³/mol. The number of amides is 1. The van der Waals surface area contributed by atoms with Gasteiger partial charge in [-0.3, -0.25) is 4.79 Å². The number of likely N-dealkylation sites (tertiary alicyclic amines) is 1. The highest BCUT2D eigenvalue weighted by Gasteiger charge is 2.72. The minimum Gasteiger partial charge on any atom is -0.340 e. The number of nitrogens with two attached hydrogens (primary N) is 1. The molecule has 0 saturated carbocycles. The van der Waals surface area contributed by atoms with E-state index >= 15 is 0 Å². The first-order chi connectivity index (χ1) is 9.46. The van der Waals surface area contributed by atoms with Crippen molar-refractivity contribution < 1.29 is 31.1 Å². The van der Waals surface area contributed by atoms with Crippen molar-refractivity contribution in [3.8, 4) is 0 Å². The molecule has 3 nitrogen and oxygen atoms in total. The number of rotatable bonds is 4. The second-order valence-corrected chi connectivity index (χ2v) is 5.96. The van der Waals surface area contributed by atoms with Crippen LogP contribution in [0, 0.1) is 5.41 Å². The third kappa shape index (κ3) is 3.58. The van der Waals surface area contributed by atoms with Crippen molar-refractivity contribution in [2.24, 2.45) is 11.1 Å². The van der Waals surface area contributed by atoms with E-state index in [2.05, 4.69) is 0 Å². The maximum atomic E-state index is 12.9. The van der Waals surface area contributed by atoms with Crippen molar-refractivity contribution in [2.45, 2.75) is 31.2 Å². The van der Waals surface area contributed by atoms with E-state index in [-0.39, 0.29) is 6.42 Å². The van der Waals surface area contributed by atoms with E-state index in [1.54, 1.807) is 6.26 Å². The molecule has 124 valence electrons. The van der Waals surface area contributed by atoms with Crippen LogP contribution in [0.4, 0.5) is 26.3 Å². The largest absolute Gasteiger partial charge is 0.404 e. The number of halogens is 6. The molecule has 1 aliphatic heterocycles. The van der Waals surface area contributed by atoms with Crippen molar-refractivity contribution in [2.75, 3.05) is 25.1 Å². The normalized spacial score (nSPS) is 20.7. The molecule has 1 fully saturated rings. The molecule has 0 aromatic carbocycles. The van der Waals surface area contributed by atoms with Crippen LogP contribution in [0.3, 0.4) is 0 Å². The highest BCUT2D eigenvalue weighted by atomic mass is 32.2. The molecule has 1 atom stereocenters. The standard InChI is InChI=1S/C11H16F6N2OS/c1-21-5-2-7(18)8(20)19-4-3-9(6-19,10(12,13)14)11(15,16)17/h7H,2-6,18H2,1H3/t7-/m1/s1. The maximum Gasteiger partial charge on any atom is 0.404 e. The van der Waals surface area contributed by atoms with Crippen LogP contribution in [0.15, 0.2) is 0 Å². The first-order valence-electron chi connectivity index (χ1n) is 6.13. The lowest BCUT2D eigenvalue weighted by atomic mass is 9.85. The van der Waals surface area contributed by atoms with Crippen LogP contribution in [0.5, 0.6) is 0 Å². The Hall–Kier alpha value is -0.640. The van der Waals surface area contributed by atoms with Crippen LogP contribution in [-0.2, 0) is 4.79 Å². The van der Waals surface area contributed by atoms with Gasteiger partial charge in [0.25, 0.3) is 0 Å². The number of hydrogen-bond acceptors (Lipinski definition) is 3. The minimum absolute atomic E-state index is 0.210. The second-order valence-electron chi connectivity index (χ2n) is 4.98. The molecule has 1 amide bonds. The molecule has 0 spiro atoms. The first kappa shape index (κ1) is 18.4. The Morgan fingerprint density at radius 1 is 1.29 bits per heavy atom. The maximum absolute atomic E-state index is 12.9. The molecule has 0 aromatic rings. The summed E-state index contributed by atoms with van der Waals surface area (Å²) in [6.45, 7) is -2.00. The monoisotopic (exact) mass is 338 g/mol. The lowest BCUT2D eigenvalue weighted by Gasteiger charge is -2.33. The molecule has 1 rings (SSSR count). The summed E-state index contributed by atoms with van der Waals surface area (Å²) >= 11 is 1.39. The van der Waals surface area contributed by atoms with Gasteiger partial charge in [-0.2, -0.15) is 38.1 Å². The van der Waals surface area contributed by atoms with Crippen molar-refractivity contribution in [3.05, 3.63) is 0 Å². The third-order valence-corrected chi connectivity index (χ3v) is 4.26. The van der Waals surface area contributed by atoms with Gasteiger partial charge < -0.3 is 10.6 Å². The molecule has 1 aliphatic rings. The van der Waals surface area contributed by atoms with Gasteiger partial charge in [-0.25, -0.2) is 0 Å². The van der Waals surface area contributed by atoms with E-state index in [9.17, 15) is 31.1 Å². The number of alkyl halides is 6. The van der Waals surface area contributed by atoms with Crippen LogP contribution in [0.1, 0.15) is 12.8 Å². The zero-order valence-corrected chi connectivity index (χ0v) is 12.0. The second kappa shape index (κ2) is 6.23. The summed E-state index contributed by atoms with van der Waals surface area (Å²) in [6, 6.07) is -1.07. The topological polar surface area (TPSA) is 46.3 Å². The van der Waals surface area contributed by atoms with E-state index in [1.165, 1.54) is 11.8 Å². The zero-order valence-electron chi connectivity index (χ0n) is 11.2. The van der Waals surface area contributed by atoms with E-state index in [1.807, 2.05) is 0 Å². The molecule has 0 aliphatic carbocycles. The third-order valence-electron chi connectivity index (χ3n) is 3.62. The van der Waals surface area contributed by atoms with Gasteiger partial charge in [0.15, 0.2) is 5.41 Å². The number of thioether (sulfide) groups is 1. The van der Waals surface area contributed by atoms with E-state index in [4.69, 9.17) is 5.73 Å². The van der Waals surface area contributed by atoms with E-state index in [0.29, 0.717) is 10.7 Å². The highest BCUT2D eigenvalue weighted by Crippen LogP contribution is 2.55. The molecule has 0 radical (unpaired) electrons. The van der Waals surface area contributed by atoms with Crippen LogP contribution in [0.25, 0.3) is 0 Å². The Bertz CT molecular complexity index is 370. The average Bonchev–Trinajstić information content (AvgIpc) is 2.80. The van der Waals surface area contributed by atoms with Gasteiger partial charge in [-0.15, -0.1) is 0 Å². The van der Waals surface area contributed by atoms with Gasteiger partial charge in [0.1, 0.15) is 0 Å². The summed E-state index contributed by atoms with van der Waals surface area (Å²) in [5.74, 6) is -0.357. The Morgan fingerprint density at radius 2 is 1.81 bits per heavy atom. The van der Waals surface area contributed by atoms with Gasteiger partial charge in [0, 0.05) is 13.1 Å². The summed E-state index contributed by atoms with van der Waals surface area (Å²) in [7, 11) is 0. The van der Waals surface area contributed by atoms with Crippen molar-refractivity contribution in [1.82, 2.24) is 4.90 Å². The van der Waals surface area contributed by atoms with E-state index in [0.717, 1.165) is 0 Å². The summed E-state index contributed by atoms with van der Waals surface area (Å²) in [6.07, 6.45) is -10.1. The molecule has 2 N–H and O–H groups in total. The fourth-order valence-electron chi connectivity index (χ4n) is 2.22. The van der Waals surface area contributed by atoms with Crippen LogP contribution in [-0.4, -0.2) is 54.3 Å². The average molecular weight is 338 g/mol. The Balaban J connectivity index is 2.88. The van der Waals surface area contributed by atoms with Crippen molar-refractivity contribution in [3.63, 3.8) is 0 Å². The Kier molecular flexibility index (Phi) is 5.46. The molecular formula is C11H16F6N2OS. The summed E-state index contributed by atoms with van der Waals surface area (Å²) in [4.78, 5) is 12.4. The Labute approximate surface area is 122 Å². The molecule has 1 heterocycles. The minimum atomic E-state index is -5.45. The van der Waals surface area contributed by atoms with E-state index < -0.39 is 49.2 Å². The SMILES string of the molecule is CSCC[C@@H](N)C(=O)N1CCC(C(F)(F)F)(C(F)(F)F)C1. The molecular weight excluding hydrogens is 322 g/mol. The molecule has 1 saturated heterocycles. The van der Waals surface area contributed by atoms with Crippen LogP contribution < -0.4 is 5.73 Å². The van der Waals surface area contributed by atoms with Gasteiger partial charge >= 0.3 is 12.4 Å². The van der Waals surface area contributed by atoms with Crippen LogP contribution >= 0.6 is 11.8 Å². The molecule has 0 aromatic heterocycles. The molecule has 21 heavy (non-hydrogen) atoms. The Morgan fingerprint density at radius 3 is 2.19 bits per heavy atom. The first-order valence-corrected chi connectivity index (χ1v) is 7.52. The number of hydrogen-bond donors (Lipinski definition) is 1. The van der Waals surface area contributed by atoms with Gasteiger partial charge in [0.05, 0.1) is 6.04 Å². The molecule has 0 bridgehead atoms. The van der Waals surface area contributed by atoms with Gasteiger partial charge in [0.2, 0.25) is 5.91 Å². The predicted octanol–water partition coefficient (Wildman–Crippen LogP) is 2.41. The van der Waals surface area contributed by atoms with Crippen LogP contribution in [0.2, 0.25) is 0 Å². The lowest BCUT2D eigenvalue weighted by Crippen LogP contribution is -2.53. The zero-order chi connectivity index (χ0) is 16.5. The van der Waals surface area contributed by atoms with Crippen molar-refractivity contribution in [1.29, 1.82) is 0 Å². The van der Waals surface area contributed by atoms with Crippen molar-refractivity contribution >= 4 is 17.7 Å². The molecule has 10 heteroatoms. The lowest BCUT2D eigenvalue weighted by molar-refractivity contribution is -0.334. The van der Waals surface area contributed by atoms with Gasteiger partial charge in [-0.1, -0.05) is 0 Å². The fourth-order valence-corrected chi connectivity index (χ4v) is 2.71. The highest BCUT2D eigenvalue weighted by molar-refractivity contribution is 7.98. The molecule has 0 unspecified atom stereocenters. The number of nitrogens with zero attached hydrogens (tertiary/aromatic N) is 1.